The van der Waals surface area contributed by atoms with E-state index in [1.54, 1.807) is 4.57 Å². The van der Waals surface area contributed by atoms with Crippen molar-refractivity contribution in [2.75, 3.05) is 13.1 Å². The molecular formula is C22H31Cl2N5O2. The highest BCUT2D eigenvalue weighted by molar-refractivity contribution is 5.85. The molecule has 2 aromatic heterocycles. The van der Waals surface area contributed by atoms with E-state index in [4.69, 9.17) is 4.42 Å². The molecule has 0 radical (unpaired) electrons. The summed E-state index contributed by atoms with van der Waals surface area (Å²) in [6, 6.07) is 8.07. The number of nitrogens with zero attached hydrogens (tertiary/aromatic N) is 4. The molecule has 1 aliphatic rings. The fourth-order valence-corrected chi connectivity index (χ4v) is 3.94. The van der Waals surface area contributed by atoms with Gasteiger partial charge in [-0.15, -0.1) is 24.8 Å². The first-order valence-electron chi connectivity index (χ1n) is 10.5. The first-order chi connectivity index (χ1) is 14.0. The van der Waals surface area contributed by atoms with Crippen molar-refractivity contribution in [1.82, 2.24) is 24.6 Å². The Balaban J connectivity index is 0.00000171. The highest BCUT2D eigenvalue weighted by Gasteiger charge is 2.21. The van der Waals surface area contributed by atoms with Crippen molar-refractivity contribution in [3.05, 3.63) is 57.6 Å². The molecule has 1 aromatic carbocycles. The van der Waals surface area contributed by atoms with Gasteiger partial charge in [0.2, 0.25) is 5.89 Å². The maximum atomic E-state index is 12.9. The fraction of sp³-hybridized carbons (Fsp3) is 0.500. The fourth-order valence-electron chi connectivity index (χ4n) is 3.94. The monoisotopic (exact) mass is 467 g/mol. The average molecular weight is 468 g/mol. The summed E-state index contributed by atoms with van der Waals surface area (Å²) in [6.45, 7) is 8.98. The summed E-state index contributed by atoms with van der Waals surface area (Å²) < 4.78 is 9.19. The van der Waals surface area contributed by atoms with Crippen LogP contribution in [0.25, 0.3) is 11.5 Å². The molecule has 1 saturated heterocycles. The number of piperidine rings is 1. The normalized spacial score (nSPS) is 14.2. The quantitative estimate of drug-likeness (QED) is 0.596. The highest BCUT2D eigenvalue weighted by atomic mass is 35.5. The van der Waals surface area contributed by atoms with E-state index in [-0.39, 0.29) is 30.5 Å². The van der Waals surface area contributed by atoms with E-state index in [2.05, 4.69) is 15.4 Å². The lowest BCUT2D eigenvalue weighted by Gasteiger charge is -2.21. The first kappa shape index (κ1) is 25.2. The number of aromatic nitrogens is 4. The molecule has 1 fully saturated rings. The molecule has 9 heteroatoms. The van der Waals surface area contributed by atoms with Gasteiger partial charge in [0.25, 0.3) is 0 Å². The largest absolute Gasteiger partial charge is 0.441 e. The molecule has 0 bridgehead atoms. The van der Waals surface area contributed by atoms with Gasteiger partial charge in [-0.05, 0) is 64.8 Å². The van der Waals surface area contributed by atoms with Crippen molar-refractivity contribution >= 4 is 24.8 Å². The topological polar surface area (TPSA) is 77.9 Å². The van der Waals surface area contributed by atoms with Crippen molar-refractivity contribution in [1.29, 1.82) is 0 Å². The molecule has 4 rings (SSSR count). The van der Waals surface area contributed by atoms with Crippen LogP contribution in [-0.2, 0) is 19.5 Å². The molecule has 1 N–H and O–H groups in total. The molecule has 3 heterocycles. The minimum absolute atomic E-state index is 0. The number of benzene rings is 1. The van der Waals surface area contributed by atoms with E-state index < -0.39 is 0 Å². The lowest BCUT2D eigenvalue weighted by molar-refractivity contribution is 0.362. The zero-order valence-electron chi connectivity index (χ0n) is 18.3. The van der Waals surface area contributed by atoms with E-state index in [1.807, 2.05) is 45.0 Å². The van der Waals surface area contributed by atoms with Gasteiger partial charge in [-0.1, -0.05) is 17.7 Å². The minimum atomic E-state index is -0.0734. The number of rotatable bonds is 6. The summed E-state index contributed by atoms with van der Waals surface area (Å²) >= 11 is 0. The zero-order valence-corrected chi connectivity index (χ0v) is 19.9. The van der Waals surface area contributed by atoms with Gasteiger partial charge in [-0.3, -0.25) is 4.57 Å². The van der Waals surface area contributed by atoms with Gasteiger partial charge in [-0.25, -0.2) is 14.5 Å². The van der Waals surface area contributed by atoms with E-state index in [1.165, 1.54) is 10.2 Å². The van der Waals surface area contributed by atoms with Gasteiger partial charge < -0.3 is 9.73 Å². The molecule has 0 spiro atoms. The van der Waals surface area contributed by atoms with Crippen molar-refractivity contribution in [2.24, 2.45) is 5.92 Å². The second kappa shape index (κ2) is 11.0. The molecule has 0 aliphatic carbocycles. The minimum Gasteiger partial charge on any atom is -0.441 e. The number of nitrogens with one attached hydrogen (secondary N) is 1. The van der Waals surface area contributed by atoms with Crippen LogP contribution in [-0.4, -0.2) is 32.4 Å². The number of halogens is 2. The molecule has 0 atom stereocenters. The predicted octanol–water partition coefficient (Wildman–Crippen LogP) is 3.77. The maximum Gasteiger partial charge on any atom is 0.346 e. The van der Waals surface area contributed by atoms with E-state index in [0.29, 0.717) is 24.9 Å². The van der Waals surface area contributed by atoms with E-state index in [9.17, 15) is 4.79 Å². The molecule has 170 valence electrons. The molecule has 0 amide bonds. The molecule has 3 aromatic rings. The highest BCUT2D eigenvalue weighted by Crippen LogP contribution is 2.22. The van der Waals surface area contributed by atoms with Crippen molar-refractivity contribution in [3.63, 3.8) is 0 Å². The molecule has 31 heavy (non-hydrogen) atoms. The van der Waals surface area contributed by atoms with E-state index in [0.717, 1.165) is 55.2 Å². The molecular weight excluding hydrogens is 437 g/mol. The Morgan fingerprint density at radius 3 is 2.45 bits per heavy atom. The smallest absolute Gasteiger partial charge is 0.346 e. The lowest BCUT2D eigenvalue weighted by Crippen LogP contribution is -2.30. The third-order valence-electron chi connectivity index (χ3n) is 5.74. The van der Waals surface area contributed by atoms with Gasteiger partial charge in [0, 0.05) is 18.5 Å². The SMILES string of the molecule is CCn1c(CC2CCNCC2)nn(Cc2nc(-c3ccc(C)cc3)oc2C)c1=O.Cl.Cl. The van der Waals surface area contributed by atoms with Gasteiger partial charge in [-0.2, -0.15) is 5.10 Å². The Bertz CT molecular complexity index is 1030. The average Bonchev–Trinajstić information content (AvgIpc) is 3.23. The second-order valence-electron chi connectivity index (χ2n) is 7.89. The summed E-state index contributed by atoms with van der Waals surface area (Å²) in [6.07, 6.45) is 3.12. The number of hydrogen-bond donors (Lipinski definition) is 1. The van der Waals surface area contributed by atoms with Gasteiger partial charge >= 0.3 is 5.69 Å². The van der Waals surface area contributed by atoms with Crippen molar-refractivity contribution < 1.29 is 4.42 Å². The van der Waals surface area contributed by atoms with Crippen LogP contribution < -0.4 is 11.0 Å². The van der Waals surface area contributed by atoms with Crippen molar-refractivity contribution in [3.8, 4) is 11.5 Å². The first-order valence-corrected chi connectivity index (χ1v) is 10.5. The Kier molecular flexibility index (Phi) is 8.91. The molecule has 7 nitrogen and oxygen atoms in total. The molecule has 0 unspecified atom stereocenters. The third kappa shape index (κ3) is 5.59. The molecule has 0 saturated carbocycles. The van der Waals surface area contributed by atoms with Crippen LogP contribution >= 0.6 is 24.8 Å². The van der Waals surface area contributed by atoms with Gasteiger partial charge in [0.05, 0.1) is 6.54 Å². The van der Waals surface area contributed by atoms with Gasteiger partial charge in [0.15, 0.2) is 0 Å². The molecule has 1 aliphatic heterocycles. The maximum absolute atomic E-state index is 12.9. The van der Waals surface area contributed by atoms with Crippen LogP contribution in [0.4, 0.5) is 0 Å². The lowest BCUT2D eigenvalue weighted by atomic mass is 9.94. The van der Waals surface area contributed by atoms with Crippen LogP contribution in [0.1, 0.15) is 42.6 Å². The summed E-state index contributed by atoms with van der Waals surface area (Å²) in [4.78, 5) is 17.5. The Labute approximate surface area is 195 Å². The summed E-state index contributed by atoms with van der Waals surface area (Å²) in [7, 11) is 0. The van der Waals surface area contributed by atoms with Gasteiger partial charge in [0.1, 0.15) is 17.3 Å². The van der Waals surface area contributed by atoms with Crippen LogP contribution in [0.3, 0.4) is 0 Å². The van der Waals surface area contributed by atoms with Crippen LogP contribution in [0.5, 0.6) is 0 Å². The van der Waals surface area contributed by atoms with Crippen LogP contribution in [0, 0.1) is 19.8 Å². The standard InChI is InChI=1S/C22H29N5O2.2ClH/c1-4-26-20(13-17-9-11-23-12-10-17)25-27(22(26)28)14-19-16(3)29-21(24-19)18-7-5-15(2)6-8-18;;/h5-8,17,23H,4,9-14H2,1-3H3;2*1H. The summed E-state index contributed by atoms with van der Waals surface area (Å²) in [5.74, 6) is 2.76. The number of hydrogen-bond acceptors (Lipinski definition) is 5. The third-order valence-corrected chi connectivity index (χ3v) is 5.74. The zero-order chi connectivity index (χ0) is 20.4. The Hall–Kier alpha value is -2.09. The number of aryl methyl sites for hydroxylation is 2. The van der Waals surface area contributed by atoms with Crippen LogP contribution in [0.15, 0.2) is 33.5 Å². The second-order valence-corrected chi connectivity index (χ2v) is 7.89. The Morgan fingerprint density at radius 1 is 1.13 bits per heavy atom. The summed E-state index contributed by atoms with van der Waals surface area (Å²) in [5, 5.41) is 8.06. The van der Waals surface area contributed by atoms with Crippen molar-refractivity contribution in [2.45, 2.75) is 53.1 Å². The van der Waals surface area contributed by atoms with E-state index >= 15 is 0 Å². The summed E-state index contributed by atoms with van der Waals surface area (Å²) in [5.41, 5.74) is 2.80. The van der Waals surface area contributed by atoms with Crippen LogP contribution in [0.2, 0.25) is 0 Å². The predicted molar refractivity (Wildman–Crippen MR) is 126 cm³/mol. The number of oxazole rings is 1. The Morgan fingerprint density at radius 2 is 1.81 bits per heavy atom.